The van der Waals surface area contributed by atoms with Crippen LogP contribution in [0.25, 0.3) is 10.2 Å². The lowest BCUT2D eigenvalue weighted by atomic mass is 10.2. The molecule has 0 unspecified atom stereocenters. The van der Waals surface area contributed by atoms with Gasteiger partial charge < -0.3 is 9.47 Å². The molecule has 5 nitrogen and oxygen atoms in total. The minimum atomic E-state index is -0.294. The van der Waals surface area contributed by atoms with Gasteiger partial charge in [0.15, 0.2) is 5.13 Å². The van der Waals surface area contributed by atoms with Crippen molar-refractivity contribution in [3.63, 3.8) is 0 Å². The summed E-state index contributed by atoms with van der Waals surface area (Å²) in [6.07, 6.45) is 0. The Labute approximate surface area is 141 Å². The Morgan fingerprint density at radius 2 is 1.87 bits per heavy atom. The van der Waals surface area contributed by atoms with Gasteiger partial charge in [0.1, 0.15) is 17.0 Å². The molecular weight excluding hydrogens is 336 g/mol. The molecule has 1 aromatic heterocycles. The van der Waals surface area contributed by atoms with Crippen molar-refractivity contribution in [1.29, 1.82) is 0 Å². The van der Waals surface area contributed by atoms with E-state index in [0.29, 0.717) is 32.7 Å². The van der Waals surface area contributed by atoms with E-state index < -0.39 is 0 Å². The molecule has 0 aliphatic carbocycles. The lowest BCUT2D eigenvalue weighted by molar-refractivity contribution is 0.102. The topological polar surface area (TPSA) is 60.5 Å². The van der Waals surface area contributed by atoms with E-state index >= 15 is 0 Å². The van der Waals surface area contributed by atoms with Gasteiger partial charge in [0.2, 0.25) is 0 Å². The number of rotatable bonds is 4. The number of ether oxygens (including phenoxy) is 2. The first-order valence-corrected chi connectivity index (χ1v) is 7.89. The molecule has 2 aromatic carbocycles. The second-order valence-corrected chi connectivity index (χ2v) is 6.10. The number of hydrogen-bond donors (Lipinski definition) is 1. The molecule has 0 radical (unpaired) electrons. The highest BCUT2D eigenvalue weighted by molar-refractivity contribution is 7.22. The number of fused-ring (bicyclic) bond motifs is 1. The van der Waals surface area contributed by atoms with Gasteiger partial charge in [0.05, 0.1) is 23.9 Å². The van der Waals surface area contributed by atoms with Gasteiger partial charge in [-0.2, -0.15) is 0 Å². The van der Waals surface area contributed by atoms with Crippen molar-refractivity contribution in [2.75, 3.05) is 19.5 Å². The van der Waals surface area contributed by atoms with Crippen LogP contribution in [-0.2, 0) is 0 Å². The van der Waals surface area contributed by atoms with Crippen molar-refractivity contribution in [2.24, 2.45) is 0 Å². The van der Waals surface area contributed by atoms with Crippen LogP contribution in [0.4, 0.5) is 5.13 Å². The summed E-state index contributed by atoms with van der Waals surface area (Å²) in [4.78, 5) is 16.8. The number of anilines is 1. The summed E-state index contributed by atoms with van der Waals surface area (Å²) < 4.78 is 11.3. The number of methoxy groups -OCH3 is 2. The third kappa shape index (κ3) is 3.23. The van der Waals surface area contributed by atoms with Gasteiger partial charge in [-0.15, -0.1) is 0 Å². The highest BCUT2D eigenvalue weighted by Crippen LogP contribution is 2.31. The zero-order valence-corrected chi connectivity index (χ0v) is 14.0. The summed E-state index contributed by atoms with van der Waals surface area (Å²) in [5.41, 5.74) is 1.10. The van der Waals surface area contributed by atoms with Gasteiger partial charge in [-0.3, -0.25) is 10.1 Å². The molecule has 23 heavy (non-hydrogen) atoms. The smallest absolute Gasteiger partial charge is 0.257 e. The van der Waals surface area contributed by atoms with Gasteiger partial charge in [-0.1, -0.05) is 29.0 Å². The van der Waals surface area contributed by atoms with E-state index in [2.05, 4.69) is 10.3 Å². The van der Waals surface area contributed by atoms with Crippen molar-refractivity contribution in [2.45, 2.75) is 0 Å². The number of nitrogens with zero attached hydrogens (tertiary/aromatic N) is 1. The van der Waals surface area contributed by atoms with Crippen LogP contribution in [0.2, 0.25) is 5.02 Å². The summed E-state index contributed by atoms with van der Waals surface area (Å²) in [7, 11) is 3.07. The number of aromatic nitrogens is 1. The normalized spacial score (nSPS) is 10.6. The van der Waals surface area contributed by atoms with Gasteiger partial charge in [-0.05, 0) is 24.3 Å². The van der Waals surface area contributed by atoms with E-state index in [-0.39, 0.29) is 5.91 Å². The Balaban J connectivity index is 1.89. The van der Waals surface area contributed by atoms with E-state index in [1.807, 2.05) is 12.1 Å². The molecule has 0 bridgehead atoms. The molecule has 0 aliphatic rings. The maximum Gasteiger partial charge on any atom is 0.257 e. The third-order valence-electron chi connectivity index (χ3n) is 3.20. The number of para-hydroxylation sites is 1. The lowest BCUT2D eigenvalue weighted by Gasteiger charge is -2.07. The number of carbonyl (C=O) groups excluding carboxylic acids is 1. The standard InChI is InChI=1S/C16H13ClN2O3S/c1-21-10-6-9(7-11(8-10)22-2)15(20)19-16-18-14-12(17)4-3-5-13(14)23-16/h3-8H,1-2H3,(H,18,19,20). The molecule has 118 valence electrons. The van der Waals surface area contributed by atoms with Crippen LogP contribution in [0.3, 0.4) is 0 Å². The Bertz CT molecular complexity index is 857. The quantitative estimate of drug-likeness (QED) is 0.766. The minimum Gasteiger partial charge on any atom is -0.497 e. The SMILES string of the molecule is COc1cc(OC)cc(C(=O)Nc2nc3c(Cl)cccc3s2)c1. The van der Waals surface area contributed by atoms with Crippen molar-refractivity contribution >= 4 is 44.2 Å². The molecule has 0 fully saturated rings. The minimum absolute atomic E-state index is 0.294. The monoisotopic (exact) mass is 348 g/mol. The van der Waals surface area contributed by atoms with Crippen LogP contribution in [0.1, 0.15) is 10.4 Å². The number of hydrogen-bond acceptors (Lipinski definition) is 5. The number of halogens is 1. The molecule has 3 aromatic rings. The van der Waals surface area contributed by atoms with Crippen molar-refractivity contribution in [3.05, 3.63) is 47.0 Å². The molecular formula is C16H13ClN2O3S. The van der Waals surface area contributed by atoms with Crippen LogP contribution in [0.5, 0.6) is 11.5 Å². The number of carbonyl (C=O) groups is 1. The van der Waals surface area contributed by atoms with Gasteiger partial charge in [0.25, 0.3) is 5.91 Å². The predicted octanol–water partition coefficient (Wildman–Crippen LogP) is 4.22. The lowest BCUT2D eigenvalue weighted by Crippen LogP contribution is -2.12. The largest absolute Gasteiger partial charge is 0.497 e. The summed E-state index contributed by atoms with van der Waals surface area (Å²) in [6, 6.07) is 10.5. The molecule has 3 rings (SSSR count). The Morgan fingerprint density at radius 1 is 1.17 bits per heavy atom. The maximum atomic E-state index is 12.4. The van der Waals surface area contributed by atoms with Gasteiger partial charge >= 0.3 is 0 Å². The van der Waals surface area contributed by atoms with Gasteiger partial charge in [0, 0.05) is 11.6 Å². The molecule has 0 atom stereocenters. The van der Waals surface area contributed by atoms with E-state index in [1.54, 1.807) is 24.3 Å². The summed E-state index contributed by atoms with van der Waals surface area (Å²) in [5, 5.41) is 3.82. The first-order chi connectivity index (χ1) is 11.1. The zero-order valence-electron chi connectivity index (χ0n) is 12.4. The average Bonchev–Trinajstić information content (AvgIpc) is 2.98. The maximum absolute atomic E-state index is 12.4. The fourth-order valence-electron chi connectivity index (χ4n) is 2.08. The molecule has 0 spiro atoms. The molecule has 7 heteroatoms. The number of nitrogens with one attached hydrogen (secondary N) is 1. The summed E-state index contributed by atoms with van der Waals surface area (Å²) in [6.45, 7) is 0. The summed E-state index contributed by atoms with van der Waals surface area (Å²) >= 11 is 7.47. The molecule has 0 aliphatic heterocycles. The fraction of sp³-hybridized carbons (Fsp3) is 0.125. The van der Waals surface area contributed by atoms with Crippen molar-refractivity contribution in [3.8, 4) is 11.5 Å². The molecule has 0 saturated heterocycles. The van der Waals surface area contributed by atoms with Crippen LogP contribution in [0.15, 0.2) is 36.4 Å². The molecule has 1 N–H and O–H groups in total. The Hall–Kier alpha value is -2.31. The number of amides is 1. The van der Waals surface area contributed by atoms with Crippen LogP contribution in [-0.4, -0.2) is 25.1 Å². The molecule has 1 amide bonds. The zero-order chi connectivity index (χ0) is 16.4. The van der Waals surface area contributed by atoms with Gasteiger partial charge in [-0.25, -0.2) is 4.98 Å². The average molecular weight is 349 g/mol. The van der Waals surface area contributed by atoms with E-state index in [1.165, 1.54) is 25.6 Å². The Kier molecular flexibility index (Phi) is 4.36. The second-order valence-electron chi connectivity index (χ2n) is 4.66. The van der Waals surface area contributed by atoms with Crippen molar-refractivity contribution in [1.82, 2.24) is 4.98 Å². The highest BCUT2D eigenvalue weighted by atomic mass is 35.5. The van der Waals surface area contributed by atoms with Crippen molar-refractivity contribution < 1.29 is 14.3 Å². The molecule has 0 saturated carbocycles. The molecule has 1 heterocycles. The first-order valence-electron chi connectivity index (χ1n) is 6.70. The van der Waals surface area contributed by atoms with E-state index in [9.17, 15) is 4.79 Å². The summed E-state index contributed by atoms with van der Waals surface area (Å²) in [5.74, 6) is 0.793. The van der Waals surface area contributed by atoms with Crippen LogP contribution < -0.4 is 14.8 Å². The third-order valence-corrected chi connectivity index (χ3v) is 4.44. The highest BCUT2D eigenvalue weighted by Gasteiger charge is 2.13. The Morgan fingerprint density at radius 3 is 2.48 bits per heavy atom. The van der Waals surface area contributed by atoms with Crippen LogP contribution in [0, 0.1) is 0 Å². The fourth-order valence-corrected chi connectivity index (χ4v) is 3.24. The second kappa shape index (κ2) is 6.44. The van der Waals surface area contributed by atoms with E-state index in [4.69, 9.17) is 21.1 Å². The van der Waals surface area contributed by atoms with E-state index in [0.717, 1.165) is 4.70 Å². The predicted molar refractivity (Wildman–Crippen MR) is 92.1 cm³/mol. The van der Waals surface area contributed by atoms with Crippen LogP contribution >= 0.6 is 22.9 Å². The number of benzene rings is 2. The first kappa shape index (κ1) is 15.6. The number of thiazole rings is 1.